The minimum Gasteiger partial charge on any atom is -0.691 e. The molecule has 3 N–H and O–H groups in total. The predicted octanol–water partition coefficient (Wildman–Crippen LogP) is -5.64. The topological polar surface area (TPSA) is 307 Å². The molecule has 0 spiro atoms. The van der Waals surface area contributed by atoms with Crippen LogP contribution < -0.4 is 110 Å². The number of phenolic OH excluding ortho intramolecular Hbond substituents is 1. The number of sulfone groups is 2. The van der Waals surface area contributed by atoms with Crippen LogP contribution in [0.15, 0.2) is 102 Å². The van der Waals surface area contributed by atoms with Crippen molar-refractivity contribution >= 4 is 95.6 Å². The Morgan fingerprint density at radius 3 is 1.87 bits per heavy atom. The molecular formula is C26H22N5Na3O16S5. The van der Waals surface area contributed by atoms with Gasteiger partial charge in [0.05, 0.1) is 62.8 Å². The van der Waals surface area contributed by atoms with Gasteiger partial charge in [-0.3, -0.25) is 23.5 Å². The number of rotatable bonds is 21. The molecule has 0 saturated heterocycles. The molecule has 4 aromatic carbocycles. The van der Waals surface area contributed by atoms with E-state index < -0.39 is 36.9 Å². The van der Waals surface area contributed by atoms with E-state index in [1.807, 2.05) is 0 Å². The quantitative estimate of drug-likeness (QED) is 0.0150. The van der Waals surface area contributed by atoms with Gasteiger partial charge in [-0.05, 0) is 54.6 Å². The molecule has 0 saturated carbocycles. The predicted molar refractivity (Wildman–Crippen MR) is 175 cm³/mol. The number of azo groups is 2. The SMILES string of the molecule is Nc1ccc2c(O)c(N=Nc3ccc(S(=O)(=O)CCOSOO[O-])cc3)c(SOO[O-])cc2c1N=Nc1ccccc1S(=O)(=O)CCOSOO[O-].[Na+].[Na+].[Na+]. The van der Waals surface area contributed by atoms with Crippen molar-refractivity contribution in [1.82, 2.24) is 0 Å². The molecule has 0 heterocycles. The Bertz CT molecular complexity index is 2110. The third kappa shape index (κ3) is 15.5. The van der Waals surface area contributed by atoms with Crippen LogP contribution >= 0.6 is 36.7 Å². The van der Waals surface area contributed by atoms with Crippen molar-refractivity contribution in [2.45, 2.75) is 14.7 Å². The zero-order chi connectivity index (χ0) is 37.6. The number of nitrogens with two attached hydrogens (primary N) is 1. The second-order valence-electron chi connectivity index (χ2n) is 9.44. The smallest absolute Gasteiger partial charge is 0.691 e. The fourth-order valence-corrected chi connectivity index (χ4v) is 7.57. The molecule has 0 radical (unpaired) electrons. The van der Waals surface area contributed by atoms with E-state index in [4.69, 9.17) is 14.1 Å². The van der Waals surface area contributed by atoms with Crippen molar-refractivity contribution in [2.24, 2.45) is 20.5 Å². The number of fused-ring (bicyclic) bond motifs is 1. The molecule has 0 aromatic heterocycles. The van der Waals surface area contributed by atoms with Crippen LogP contribution in [-0.2, 0) is 56.2 Å². The van der Waals surface area contributed by atoms with Crippen LogP contribution in [0.2, 0.25) is 0 Å². The van der Waals surface area contributed by atoms with Gasteiger partial charge in [0, 0.05) is 10.8 Å². The summed E-state index contributed by atoms with van der Waals surface area (Å²) in [7, 11) is -7.78. The number of hydrogen-bond donors (Lipinski definition) is 2. The maximum atomic E-state index is 13.0. The van der Waals surface area contributed by atoms with Gasteiger partial charge >= 0.3 is 88.7 Å². The van der Waals surface area contributed by atoms with E-state index >= 15 is 0 Å². The summed E-state index contributed by atoms with van der Waals surface area (Å²) in [6.45, 7) is -0.680. The van der Waals surface area contributed by atoms with Crippen LogP contribution in [-0.4, -0.2) is 46.7 Å². The zero-order valence-corrected chi connectivity index (χ0v) is 38.7. The molecule has 21 nitrogen and oxygen atoms in total. The normalized spacial score (nSPS) is 11.8. The first-order valence-corrected chi connectivity index (χ1v) is 19.1. The average Bonchev–Trinajstić information content (AvgIpc) is 3.13. The van der Waals surface area contributed by atoms with Crippen molar-refractivity contribution in [1.29, 1.82) is 0 Å². The van der Waals surface area contributed by atoms with E-state index in [1.165, 1.54) is 66.7 Å². The number of hydrogen-bond acceptors (Lipinski definition) is 24. The Kier molecular flexibility index (Phi) is 25.3. The van der Waals surface area contributed by atoms with Gasteiger partial charge < -0.3 is 26.6 Å². The second-order valence-corrected chi connectivity index (χ2v) is 15.4. The maximum Gasteiger partial charge on any atom is 1.00 e. The molecule has 4 aromatic rings. The van der Waals surface area contributed by atoms with Gasteiger partial charge in [0.15, 0.2) is 50.1 Å². The molecule has 0 aliphatic rings. The molecule has 55 heavy (non-hydrogen) atoms. The summed E-state index contributed by atoms with van der Waals surface area (Å²) in [5.41, 5.74) is 6.17. The maximum absolute atomic E-state index is 13.0. The third-order valence-electron chi connectivity index (χ3n) is 6.39. The molecule has 0 aliphatic heterocycles. The van der Waals surface area contributed by atoms with Crippen molar-refractivity contribution < 1.29 is 163 Å². The van der Waals surface area contributed by atoms with E-state index in [2.05, 4.69) is 48.6 Å². The van der Waals surface area contributed by atoms with Crippen molar-refractivity contribution in [3.63, 3.8) is 0 Å². The molecule has 0 atom stereocenters. The monoisotopic (exact) mass is 889 g/mol. The van der Waals surface area contributed by atoms with Crippen LogP contribution in [0.3, 0.4) is 0 Å². The number of phenols is 1. The number of nitrogen functional groups attached to an aromatic ring is 1. The van der Waals surface area contributed by atoms with Gasteiger partial charge in [-0.2, -0.15) is 9.45 Å². The molecule has 0 aliphatic carbocycles. The van der Waals surface area contributed by atoms with E-state index in [-0.39, 0.29) is 180 Å². The van der Waals surface area contributed by atoms with Gasteiger partial charge in [0.25, 0.3) is 0 Å². The number of nitrogens with zero attached hydrogens (tertiary/aromatic N) is 4. The number of anilines is 1. The fraction of sp³-hybridized carbons (Fsp3) is 0.154. The van der Waals surface area contributed by atoms with E-state index in [0.717, 1.165) is 0 Å². The van der Waals surface area contributed by atoms with Crippen molar-refractivity contribution in [3.05, 3.63) is 66.7 Å². The summed E-state index contributed by atoms with van der Waals surface area (Å²) in [5, 5.41) is 68.0. The summed E-state index contributed by atoms with van der Waals surface area (Å²) in [6, 6.07) is 15.1. The Balaban J connectivity index is 0.00000504. The molecule has 4 rings (SSSR count). The zero-order valence-electron chi connectivity index (χ0n) is 28.7. The van der Waals surface area contributed by atoms with E-state index in [0.29, 0.717) is 12.0 Å². The Hall–Kier alpha value is -0.550. The summed E-state index contributed by atoms with van der Waals surface area (Å²) < 4.78 is 72.9. The van der Waals surface area contributed by atoms with Gasteiger partial charge in [-0.15, -0.1) is 24.0 Å². The number of benzene rings is 4. The van der Waals surface area contributed by atoms with Crippen molar-refractivity contribution in [3.8, 4) is 5.75 Å². The van der Waals surface area contributed by atoms with E-state index in [9.17, 15) is 37.7 Å². The van der Waals surface area contributed by atoms with Gasteiger partial charge in [-0.25, -0.2) is 16.8 Å². The Labute approximate surface area is 391 Å². The molecule has 0 fully saturated rings. The number of aromatic hydroxyl groups is 1. The van der Waals surface area contributed by atoms with Crippen LogP contribution in [0.1, 0.15) is 0 Å². The summed E-state index contributed by atoms with van der Waals surface area (Å²) in [4.78, 5) is -0.286. The fourth-order valence-electron chi connectivity index (χ4n) is 4.12. The first-order chi connectivity index (χ1) is 25.0. The summed E-state index contributed by atoms with van der Waals surface area (Å²) in [6.07, 6.45) is 0. The Morgan fingerprint density at radius 1 is 0.673 bits per heavy atom. The molecular weight excluding hydrogens is 868 g/mol. The van der Waals surface area contributed by atoms with Crippen LogP contribution in [0, 0.1) is 0 Å². The minimum atomic E-state index is -3.99. The second kappa shape index (κ2) is 26.5. The van der Waals surface area contributed by atoms with Crippen LogP contribution in [0.4, 0.5) is 28.4 Å². The standard InChI is InChI=1S/C26H25N5O16S5.3Na/c27-20-10-9-18-19(24(20)30-29-21-3-1-2-4-23(21)52(38,39)14-12-41-50-47-44-35)15-22(48-45-42-33)25(26(18)32)31-28-16-5-7-17(8-6-16)51(36,37)13-11-40-49-46-43-34;;;/h1-10,15,32-35H,11-14,27H2;;;/q;3*+1/p-3. The van der Waals surface area contributed by atoms with Gasteiger partial charge in [-0.1, -0.05) is 12.1 Å². The molecule has 0 amide bonds. The van der Waals surface area contributed by atoms with E-state index in [1.54, 1.807) is 0 Å². The molecule has 0 unspecified atom stereocenters. The molecule has 280 valence electrons. The molecule has 29 heteroatoms. The molecule has 0 bridgehead atoms. The van der Waals surface area contributed by atoms with Gasteiger partial charge in [0.2, 0.25) is 0 Å². The summed E-state index contributed by atoms with van der Waals surface area (Å²) >= 11 is 0.696. The van der Waals surface area contributed by atoms with Crippen LogP contribution in [0.5, 0.6) is 5.75 Å². The summed E-state index contributed by atoms with van der Waals surface area (Å²) in [5.74, 6) is -1.43. The Morgan fingerprint density at radius 2 is 1.25 bits per heavy atom. The third-order valence-corrected chi connectivity index (χ3v) is 11.2. The van der Waals surface area contributed by atoms with Crippen molar-refractivity contribution in [2.75, 3.05) is 30.5 Å². The average molecular weight is 890 g/mol. The van der Waals surface area contributed by atoms with Gasteiger partial charge in [0.1, 0.15) is 17.1 Å². The first-order valence-electron chi connectivity index (χ1n) is 13.7. The largest absolute Gasteiger partial charge is 1.00 e. The minimum absolute atomic E-state index is 0. The van der Waals surface area contributed by atoms with Crippen LogP contribution in [0.25, 0.3) is 10.8 Å². The first kappa shape index (κ1) is 52.5.